The molecule has 0 spiro atoms. The summed E-state index contributed by atoms with van der Waals surface area (Å²) in [5, 5.41) is 0. The van der Waals surface area contributed by atoms with Crippen molar-refractivity contribution in [3.63, 3.8) is 0 Å². The second-order valence-electron chi connectivity index (χ2n) is 14.2. The average molecular weight is 715 g/mol. The summed E-state index contributed by atoms with van der Waals surface area (Å²) in [4.78, 5) is 4.79. The minimum absolute atomic E-state index is 1.09. The van der Waals surface area contributed by atoms with Gasteiger partial charge in [-0.05, 0) is 111 Å². The van der Waals surface area contributed by atoms with Crippen molar-refractivity contribution in [2.24, 2.45) is 0 Å². The van der Waals surface area contributed by atoms with Crippen LogP contribution in [0, 0.1) is 0 Å². The van der Waals surface area contributed by atoms with Crippen LogP contribution in [0.25, 0.3) is 55.6 Å². The lowest BCUT2D eigenvalue weighted by atomic mass is 9.94. The third-order valence-corrected chi connectivity index (χ3v) is 10.8. The molecule has 56 heavy (non-hydrogen) atoms. The molecule has 0 N–H and O–H groups in total. The lowest BCUT2D eigenvalue weighted by Gasteiger charge is -2.30. The number of rotatable bonds is 7. The largest absolute Gasteiger partial charge is 0.310 e. The summed E-state index contributed by atoms with van der Waals surface area (Å²) in [6, 6.07) is 83.2. The minimum Gasteiger partial charge on any atom is -0.310 e. The molecule has 1 aliphatic heterocycles. The number of fused-ring (bicyclic) bond motifs is 5. The van der Waals surface area contributed by atoms with E-state index in [1.807, 2.05) is 0 Å². The third kappa shape index (κ3) is 6.14. The van der Waals surface area contributed by atoms with E-state index in [4.69, 9.17) is 0 Å². The lowest BCUT2D eigenvalue weighted by molar-refractivity contribution is 1.26. The van der Waals surface area contributed by atoms with Gasteiger partial charge in [0.1, 0.15) is 0 Å². The molecule has 0 radical (unpaired) electrons. The Morgan fingerprint density at radius 3 is 1.27 bits per heavy atom. The van der Waals surface area contributed by atoms with E-state index < -0.39 is 0 Å². The standard InChI is InChI=1S/C54H38N2/c1-4-15-39(16-5-1)41-27-31-46(32-28-41)55(47-33-29-42(30-34-47)44-20-14-19-43(37-44)40-17-6-2-7-18-40)48-35-36-54-52(38-48)50-24-11-10-23-49(50)51-25-12-13-26-53(51)56(54)45-21-8-3-9-22-45/h1-38H. The van der Waals surface area contributed by atoms with Crippen LogP contribution in [0.3, 0.4) is 0 Å². The predicted molar refractivity (Wildman–Crippen MR) is 237 cm³/mol. The Hall–Kier alpha value is -7.42. The Bertz CT molecular complexity index is 2770. The van der Waals surface area contributed by atoms with E-state index >= 15 is 0 Å². The molecule has 0 bridgehead atoms. The summed E-state index contributed by atoms with van der Waals surface area (Å²) in [5.41, 5.74) is 18.7. The first-order valence-corrected chi connectivity index (χ1v) is 19.2. The van der Waals surface area contributed by atoms with Crippen molar-refractivity contribution in [1.82, 2.24) is 0 Å². The minimum atomic E-state index is 1.09. The van der Waals surface area contributed by atoms with E-state index in [1.54, 1.807) is 0 Å². The number of hydrogen-bond donors (Lipinski definition) is 0. The van der Waals surface area contributed by atoms with E-state index in [0.29, 0.717) is 0 Å². The van der Waals surface area contributed by atoms with Crippen molar-refractivity contribution in [3.8, 4) is 55.6 Å². The number of benzene rings is 9. The highest BCUT2D eigenvalue weighted by molar-refractivity contribution is 6.03. The zero-order valence-electron chi connectivity index (χ0n) is 30.8. The van der Waals surface area contributed by atoms with Crippen molar-refractivity contribution in [2.45, 2.75) is 0 Å². The van der Waals surface area contributed by atoms with Gasteiger partial charge in [0.15, 0.2) is 0 Å². The molecule has 0 saturated carbocycles. The van der Waals surface area contributed by atoms with Crippen LogP contribution in [0.4, 0.5) is 34.1 Å². The smallest absolute Gasteiger partial charge is 0.0542 e. The van der Waals surface area contributed by atoms with Crippen molar-refractivity contribution < 1.29 is 0 Å². The maximum atomic E-state index is 2.41. The van der Waals surface area contributed by atoms with Crippen molar-refractivity contribution in [1.29, 1.82) is 0 Å². The molecule has 1 aliphatic rings. The molecule has 2 nitrogen and oxygen atoms in total. The van der Waals surface area contributed by atoms with Crippen LogP contribution in [0.1, 0.15) is 0 Å². The van der Waals surface area contributed by atoms with Gasteiger partial charge in [-0.2, -0.15) is 0 Å². The van der Waals surface area contributed by atoms with Gasteiger partial charge in [-0.25, -0.2) is 0 Å². The maximum Gasteiger partial charge on any atom is 0.0542 e. The summed E-state index contributed by atoms with van der Waals surface area (Å²) < 4.78 is 0. The zero-order chi connectivity index (χ0) is 37.3. The van der Waals surface area contributed by atoms with Crippen molar-refractivity contribution in [2.75, 3.05) is 9.80 Å². The summed E-state index contributed by atoms with van der Waals surface area (Å²) in [6.45, 7) is 0. The van der Waals surface area contributed by atoms with Crippen molar-refractivity contribution >= 4 is 34.1 Å². The molecular weight excluding hydrogens is 677 g/mol. The highest BCUT2D eigenvalue weighted by Gasteiger charge is 2.27. The van der Waals surface area contributed by atoms with Gasteiger partial charge < -0.3 is 9.80 Å². The quantitative estimate of drug-likeness (QED) is 0.162. The van der Waals surface area contributed by atoms with E-state index in [1.165, 1.54) is 55.6 Å². The monoisotopic (exact) mass is 714 g/mol. The lowest BCUT2D eigenvalue weighted by Crippen LogP contribution is -2.13. The molecular formula is C54H38N2. The first kappa shape index (κ1) is 33.2. The molecule has 0 atom stereocenters. The fourth-order valence-corrected chi connectivity index (χ4v) is 8.10. The maximum absolute atomic E-state index is 2.41. The van der Waals surface area contributed by atoms with Crippen LogP contribution in [0.5, 0.6) is 0 Å². The topological polar surface area (TPSA) is 6.48 Å². The molecule has 0 fully saturated rings. The zero-order valence-corrected chi connectivity index (χ0v) is 30.8. The molecule has 10 rings (SSSR count). The Balaban J connectivity index is 1.12. The molecule has 9 aromatic rings. The second-order valence-corrected chi connectivity index (χ2v) is 14.2. The van der Waals surface area contributed by atoms with E-state index in [0.717, 1.165) is 34.1 Å². The average Bonchev–Trinajstić information content (AvgIpc) is 3.40. The van der Waals surface area contributed by atoms with Crippen LogP contribution in [-0.4, -0.2) is 0 Å². The van der Waals surface area contributed by atoms with Gasteiger partial charge in [0.2, 0.25) is 0 Å². The Morgan fingerprint density at radius 1 is 0.250 bits per heavy atom. The van der Waals surface area contributed by atoms with Gasteiger partial charge in [-0.15, -0.1) is 0 Å². The molecule has 0 aliphatic carbocycles. The second kappa shape index (κ2) is 14.4. The molecule has 2 heteroatoms. The summed E-state index contributed by atoms with van der Waals surface area (Å²) in [5.74, 6) is 0. The van der Waals surface area contributed by atoms with Crippen LogP contribution >= 0.6 is 0 Å². The van der Waals surface area contributed by atoms with Gasteiger partial charge >= 0.3 is 0 Å². The summed E-state index contributed by atoms with van der Waals surface area (Å²) in [7, 11) is 0. The number of para-hydroxylation sites is 2. The molecule has 0 aromatic heterocycles. The highest BCUT2D eigenvalue weighted by atomic mass is 15.2. The van der Waals surface area contributed by atoms with E-state index in [9.17, 15) is 0 Å². The summed E-state index contributed by atoms with van der Waals surface area (Å²) in [6.07, 6.45) is 0. The Morgan fingerprint density at radius 2 is 0.661 bits per heavy atom. The van der Waals surface area contributed by atoms with Crippen LogP contribution in [0.15, 0.2) is 231 Å². The SMILES string of the molecule is c1ccc(-c2ccc(N(c3ccc(-c4cccc(-c5ccccc5)c4)cc3)c3ccc4c(c3)-c3ccccc3-c3ccccc3N4c3ccccc3)cc2)cc1. The van der Waals surface area contributed by atoms with Gasteiger partial charge in [0, 0.05) is 33.9 Å². The van der Waals surface area contributed by atoms with Crippen molar-refractivity contribution in [3.05, 3.63) is 231 Å². The van der Waals surface area contributed by atoms with Gasteiger partial charge in [0.05, 0.1) is 11.4 Å². The van der Waals surface area contributed by atoms with E-state index in [-0.39, 0.29) is 0 Å². The summed E-state index contributed by atoms with van der Waals surface area (Å²) >= 11 is 0. The van der Waals surface area contributed by atoms with Gasteiger partial charge in [-0.1, -0.05) is 164 Å². The first-order chi connectivity index (χ1) is 27.8. The molecule has 0 amide bonds. The fourth-order valence-electron chi connectivity index (χ4n) is 8.10. The fraction of sp³-hybridized carbons (Fsp3) is 0. The Labute approximate surface area is 328 Å². The first-order valence-electron chi connectivity index (χ1n) is 19.2. The number of anilines is 6. The normalized spacial score (nSPS) is 11.5. The van der Waals surface area contributed by atoms with Crippen LogP contribution < -0.4 is 9.80 Å². The molecule has 0 unspecified atom stereocenters. The highest BCUT2D eigenvalue weighted by Crippen LogP contribution is 2.52. The molecule has 1 heterocycles. The van der Waals surface area contributed by atoms with E-state index in [2.05, 4.69) is 240 Å². The van der Waals surface area contributed by atoms with Gasteiger partial charge in [-0.3, -0.25) is 0 Å². The Kier molecular flexibility index (Phi) is 8.55. The van der Waals surface area contributed by atoms with Gasteiger partial charge in [0.25, 0.3) is 0 Å². The molecule has 9 aromatic carbocycles. The predicted octanol–water partition coefficient (Wildman–Crippen LogP) is 15.3. The van der Waals surface area contributed by atoms with Crippen LogP contribution in [-0.2, 0) is 0 Å². The number of nitrogens with zero attached hydrogens (tertiary/aromatic N) is 2. The third-order valence-electron chi connectivity index (χ3n) is 10.8. The number of hydrogen-bond acceptors (Lipinski definition) is 2. The molecule has 264 valence electrons. The van der Waals surface area contributed by atoms with Crippen LogP contribution in [0.2, 0.25) is 0 Å². The molecule has 0 saturated heterocycles.